The summed E-state index contributed by atoms with van der Waals surface area (Å²) in [5.74, 6) is 3.14. The molecule has 0 radical (unpaired) electrons. The molecule has 0 fully saturated rings. The molecule has 0 bridgehead atoms. The van der Waals surface area contributed by atoms with Crippen molar-refractivity contribution < 1.29 is 9.47 Å². The second-order valence-corrected chi connectivity index (χ2v) is 5.56. The van der Waals surface area contributed by atoms with Gasteiger partial charge in [-0.25, -0.2) is 0 Å². The largest absolute Gasteiger partial charge is 0.494 e. The summed E-state index contributed by atoms with van der Waals surface area (Å²) < 4.78 is 11.3. The van der Waals surface area contributed by atoms with Gasteiger partial charge in [0.25, 0.3) is 0 Å². The normalized spacial score (nSPS) is 11.0. The van der Waals surface area contributed by atoms with Crippen LogP contribution in [0.2, 0.25) is 0 Å². The van der Waals surface area contributed by atoms with Crippen LogP contribution in [0.5, 0.6) is 11.5 Å². The first-order chi connectivity index (χ1) is 8.58. The van der Waals surface area contributed by atoms with Crippen molar-refractivity contribution in [3.05, 3.63) is 24.3 Å². The minimum atomic E-state index is 0.553. The molecule has 1 aromatic rings. The van der Waals surface area contributed by atoms with Gasteiger partial charge in [-0.2, -0.15) is 0 Å². The molecular formula is C16H26O2. The molecule has 0 atom stereocenters. The van der Waals surface area contributed by atoms with Crippen molar-refractivity contribution in [3.63, 3.8) is 0 Å². The summed E-state index contributed by atoms with van der Waals surface area (Å²) in [7, 11) is 0. The van der Waals surface area contributed by atoms with Crippen LogP contribution in [0.15, 0.2) is 24.3 Å². The minimum Gasteiger partial charge on any atom is -0.494 e. The Hall–Kier alpha value is -1.18. The molecule has 0 aliphatic carbocycles. The summed E-state index contributed by atoms with van der Waals surface area (Å²) >= 11 is 0. The number of hydrogen-bond donors (Lipinski definition) is 0. The maximum Gasteiger partial charge on any atom is 0.119 e. The van der Waals surface area contributed by atoms with Gasteiger partial charge < -0.3 is 9.47 Å². The van der Waals surface area contributed by atoms with Gasteiger partial charge in [0.15, 0.2) is 0 Å². The number of benzene rings is 1. The Morgan fingerprint density at radius 1 is 0.833 bits per heavy atom. The molecule has 102 valence electrons. The average molecular weight is 250 g/mol. The summed E-state index contributed by atoms with van der Waals surface area (Å²) in [5, 5.41) is 0. The van der Waals surface area contributed by atoms with Crippen molar-refractivity contribution in [2.75, 3.05) is 13.2 Å². The number of ether oxygens (including phenoxy) is 2. The molecule has 0 saturated carbocycles. The van der Waals surface area contributed by atoms with Gasteiger partial charge in [0.1, 0.15) is 11.5 Å². The van der Waals surface area contributed by atoms with Gasteiger partial charge in [-0.05, 0) is 48.9 Å². The molecule has 2 nitrogen and oxygen atoms in total. The molecule has 1 rings (SSSR count). The Balaban J connectivity index is 2.27. The fourth-order valence-corrected chi connectivity index (χ4v) is 1.58. The third kappa shape index (κ3) is 6.53. The topological polar surface area (TPSA) is 18.5 Å². The molecular weight excluding hydrogens is 224 g/mol. The fraction of sp³-hybridized carbons (Fsp3) is 0.625. The molecule has 1 aromatic carbocycles. The lowest BCUT2D eigenvalue weighted by atomic mass is 10.1. The lowest BCUT2D eigenvalue weighted by Gasteiger charge is -2.10. The highest BCUT2D eigenvalue weighted by Crippen LogP contribution is 2.18. The summed E-state index contributed by atoms with van der Waals surface area (Å²) in [6, 6.07) is 7.90. The third-order valence-corrected chi connectivity index (χ3v) is 2.60. The molecule has 0 saturated heterocycles. The van der Waals surface area contributed by atoms with Gasteiger partial charge in [0.2, 0.25) is 0 Å². The average Bonchev–Trinajstić information content (AvgIpc) is 2.33. The summed E-state index contributed by atoms with van der Waals surface area (Å²) in [4.78, 5) is 0. The van der Waals surface area contributed by atoms with Gasteiger partial charge in [0, 0.05) is 0 Å². The monoisotopic (exact) mass is 250 g/mol. The predicted octanol–water partition coefficient (Wildman–Crippen LogP) is 4.54. The minimum absolute atomic E-state index is 0.553. The Labute approximate surface area is 111 Å². The zero-order valence-electron chi connectivity index (χ0n) is 12.1. The van der Waals surface area contributed by atoms with E-state index in [1.807, 2.05) is 24.3 Å². The number of hydrogen-bond acceptors (Lipinski definition) is 2. The maximum absolute atomic E-state index is 5.68. The van der Waals surface area contributed by atoms with Crippen LogP contribution in [0.4, 0.5) is 0 Å². The predicted molar refractivity (Wildman–Crippen MR) is 76.3 cm³/mol. The summed E-state index contributed by atoms with van der Waals surface area (Å²) in [6.45, 7) is 10.3. The van der Waals surface area contributed by atoms with Crippen LogP contribution in [0, 0.1) is 11.8 Å². The van der Waals surface area contributed by atoms with E-state index < -0.39 is 0 Å². The second-order valence-electron chi connectivity index (χ2n) is 5.56. The van der Waals surface area contributed by atoms with Crippen LogP contribution in [0.25, 0.3) is 0 Å². The number of rotatable bonds is 8. The van der Waals surface area contributed by atoms with Gasteiger partial charge in [0.05, 0.1) is 13.2 Å². The molecule has 0 heterocycles. The zero-order valence-corrected chi connectivity index (χ0v) is 12.1. The highest BCUT2D eigenvalue weighted by molar-refractivity contribution is 5.31. The Morgan fingerprint density at radius 3 is 1.89 bits per heavy atom. The highest BCUT2D eigenvalue weighted by Gasteiger charge is 1.99. The van der Waals surface area contributed by atoms with Gasteiger partial charge >= 0.3 is 0 Å². The van der Waals surface area contributed by atoms with E-state index in [9.17, 15) is 0 Å². The Kier molecular flexibility index (Phi) is 6.63. The van der Waals surface area contributed by atoms with E-state index >= 15 is 0 Å². The summed E-state index contributed by atoms with van der Waals surface area (Å²) in [6.07, 6.45) is 2.33. The molecule has 0 aromatic heterocycles. The van der Waals surface area contributed by atoms with Crippen LogP contribution in [-0.4, -0.2) is 13.2 Å². The van der Waals surface area contributed by atoms with E-state index in [4.69, 9.17) is 9.47 Å². The molecule has 0 amide bonds. The lowest BCUT2D eigenvalue weighted by molar-refractivity contribution is 0.269. The van der Waals surface area contributed by atoms with Crippen molar-refractivity contribution in [1.82, 2.24) is 0 Å². The maximum atomic E-state index is 5.68. The van der Waals surface area contributed by atoms with Gasteiger partial charge in [-0.3, -0.25) is 0 Å². The van der Waals surface area contributed by atoms with Crippen LogP contribution in [0.1, 0.15) is 40.5 Å². The van der Waals surface area contributed by atoms with Crippen molar-refractivity contribution in [2.45, 2.75) is 40.5 Å². The van der Waals surface area contributed by atoms with Crippen molar-refractivity contribution >= 4 is 0 Å². The van der Waals surface area contributed by atoms with Crippen molar-refractivity contribution in [1.29, 1.82) is 0 Å². The van der Waals surface area contributed by atoms with E-state index in [1.165, 1.54) is 6.42 Å². The van der Waals surface area contributed by atoms with Crippen LogP contribution < -0.4 is 9.47 Å². The molecule has 18 heavy (non-hydrogen) atoms. The Morgan fingerprint density at radius 2 is 1.39 bits per heavy atom. The molecule has 0 aliphatic heterocycles. The molecule has 0 unspecified atom stereocenters. The van der Waals surface area contributed by atoms with E-state index in [1.54, 1.807) is 0 Å². The SMILES string of the molecule is CC(C)CCCOc1ccc(OCC(C)C)cc1. The molecule has 0 aliphatic rings. The van der Waals surface area contributed by atoms with E-state index in [-0.39, 0.29) is 0 Å². The quantitative estimate of drug-likeness (QED) is 0.631. The van der Waals surface area contributed by atoms with Crippen LogP contribution in [-0.2, 0) is 0 Å². The first-order valence-electron chi connectivity index (χ1n) is 6.93. The molecule has 0 N–H and O–H groups in total. The lowest BCUT2D eigenvalue weighted by Crippen LogP contribution is -2.04. The highest BCUT2D eigenvalue weighted by atomic mass is 16.5. The first kappa shape index (κ1) is 14.9. The zero-order chi connectivity index (χ0) is 13.4. The van der Waals surface area contributed by atoms with Crippen LogP contribution in [0.3, 0.4) is 0 Å². The first-order valence-corrected chi connectivity index (χ1v) is 6.93. The van der Waals surface area contributed by atoms with Crippen molar-refractivity contribution in [3.8, 4) is 11.5 Å². The third-order valence-electron chi connectivity index (χ3n) is 2.60. The van der Waals surface area contributed by atoms with Crippen LogP contribution >= 0.6 is 0 Å². The molecule has 2 heteroatoms. The van der Waals surface area contributed by atoms with E-state index in [0.29, 0.717) is 5.92 Å². The Bertz CT molecular complexity index is 314. The van der Waals surface area contributed by atoms with Gasteiger partial charge in [-0.15, -0.1) is 0 Å². The van der Waals surface area contributed by atoms with E-state index in [2.05, 4.69) is 27.7 Å². The van der Waals surface area contributed by atoms with E-state index in [0.717, 1.165) is 37.1 Å². The standard InChI is InChI=1S/C16H26O2/c1-13(2)6-5-11-17-15-7-9-16(10-8-15)18-12-14(3)4/h7-10,13-14H,5-6,11-12H2,1-4H3. The second kappa shape index (κ2) is 8.02. The van der Waals surface area contributed by atoms with Crippen molar-refractivity contribution in [2.24, 2.45) is 11.8 Å². The summed E-state index contributed by atoms with van der Waals surface area (Å²) in [5.41, 5.74) is 0. The van der Waals surface area contributed by atoms with Gasteiger partial charge in [-0.1, -0.05) is 27.7 Å². The molecule has 0 spiro atoms. The fourth-order valence-electron chi connectivity index (χ4n) is 1.58. The smallest absolute Gasteiger partial charge is 0.119 e.